The summed E-state index contributed by atoms with van der Waals surface area (Å²) in [5, 5.41) is 0. The number of aromatic nitrogens is 1. The maximum absolute atomic E-state index is 11.2. The number of carbonyl (C=O) groups excluding carboxylic acids is 1. The Kier molecular flexibility index (Phi) is 4.53. The summed E-state index contributed by atoms with van der Waals surface area (Å²) in [5.74, 6) is 6.44. The number of anilines is 1. The highest BCUT2D eigenvalue weighted by molar-refractivity contribution is 5.77. The zero-order valence-electron chi connectivity index (χ0n) is 11.0. The van der Waals surface area contributed by atoms with Crippen LogP contribution in [0.15, 0.2) is 18.2 Å². The van der Waals surface area contributed by atoms with Crippen molar-refractivity contribution in [2.45, 2.75) is 0 Å². The van der Waals surface area contributed by atoms with Gasteiger partial charge in [-0.1, -0.05) is 6.07 Å². The number of piperazine rings is 1. The van der Waals surface area contributed by atoms with E-state index in [9.17, 15) is 4.79 Å². The van der Waals surface area contributed by atoms with E-state index < -0.39 is 0 Å². The number of hydrogen-bond acceptors (Lipinski definition) is 6. The van der Waals surface area contributed by atoms with Gasteiger partial charge in [0.05, 0.1) is 13.7 Å². The Morgan fingerprint density at radius 1 is 1.42 bits per heavy atom. The quantitative estimate of drug-likeness (QED) is 0.421. The van der Waals surface area contributed by atoms with Crippen LogP contribution in [0.2, 0.25) is 0 Å². The molecule has 0 bridgehead atoms. The van der Waals surface area contributed by atoms with Gasteiger partial charge in [0.2, 0.25) is 11.8 Å². The number of pyridine rings is 1. The molecule has 1 aromatic heterocycles. The van der Waals surface area contributed by atoms with Crippen molar-refractivity contribution in [3.63, 3.8) is 0 Å². The molecule has 0 radical (unpaired) electrons. The lowest BCUT2D eigenvalue weighted by atomic mass is 10.3. The molecule has 0 aliphatic carbocycles. The number of carbonyl (C=O) groups is 1. The Morgan fingerprint density at radius 3 is 2.79 bits per heavy atom. The van der Waals surface area contributed by atoms with Crippen molar-refractivity contribution in [3.05, 3.63) is 18.2 Å². The highest BCUT2D eigenvalue weighted by atomic mass is 16.5. The summed E-state index contributed by atoms with van der Waals surface area (Å²) in [5.41, 5.74) is 2.15. The lowest BCUT2D eigenvalue weighted by molar-refractivity contribution is -0.122. The van der Waals surface area contributed by atoms with Crippen LogP contribution in [0.25, 0.3) is 0 Å². The SMILES string of the molecule is COc1cccc(N2CCN(CC(=O)NN)CC2)n1. The lowest BCUT2D eigenvalue weighted by Gasteiger charge is -2.34. The van der Waals surface area contributed by atoms with E-state index >= 15 is 0 Å². The van der Waals surface area contributed by atoms with E-state index in [4.69, 9.17) is 10.6 Å². The largest absolute Gasteiger partial charge is 0.481 e. The normalized spacial score (nSPS) is 16.2. The smallest absolute Gasteiger partial charge is 0.248 e. The van der Waals surface area contributed by atoms with E-state index in [1.807, 2.05) is 18.2 Å². The summed E-state index contributed by atoms with van der Waals surface area (Å²) in [6, 6.07) is 5.71. The van der Waals surface area contributed by atoms with Crippen LogP contribution in [0, 0.1) is 0 Å². The number of nitrogens with two attached hydrogens (primary N) is 1. The first-order chi connectivity index (χ1) is 9.22. The molecule has 104 valence electrons. The molecule has 19 heavy (non-hydrogen) atoms. The van der Waals surface area contributed by atoms with Gasteiger partial charge in [-0.05, 0) is 6.07 Å². The molecule has 0 aromatic carbocycles. The van der Waals surface area contributed by atoms with Crippen LogP contribution in [0.5, 0.6) is 5.88 Å². The second kappa shape index (κ2) is 6.35. The van der Waals surface area contributed by atoms with Crippen LogP contribution in [0.1, 0.15) is 0 Å². The van der Waals surface area contributed by atoms with Crippen LogP contribution in [-0.4, -0.2) is 55.6 Å². The fourth-order valence-electron chi connectivity index (χ4n) is 2.08. The van der Waals surface area contributed by atoms with Crippen molar-refractivity contribution < 1.29 is 9.53 Å². The van der Waals surface area contributed by atoms with Gasteiger partial charge in [-0.3, -0.25) is 15.1 Å². The third-order valence-electron chi connectivity index (χ3n) is 3.14. The summed E-state index contributed by atoms with van der Waals surface area (Å²) in [7, 11) is 1.61. The molecule has 0 spiro atoms. The van der Waals surface area contributed by atoms with Crippen molar-refractivity contribution in [1.29, 1.82) is 0 Å². The van der Waals surface area contributed by atoms with E-state index in [0.717, 1.165) is 32.0 Å². The lowest BCUT2D eigenvalue weighted by Crippen LogP contribution is -2.50. The highest BCUT2D eigenvalue weighted by Gasteiger charge is 2.19. The first kappa shape index (κ1) is 13.6. The molecule has 1 aliphatic rings. The molecule has 1 aliphatic heterocycles. The van der Waals surface area contributed by atoms with Gasteiger partial charge in [-0.15, -0.1) is 0 Å². The first-order valence-electron chi connectivity index (χ1n) is 6.20. The number of ether oxygens (including phenoxy) is 1. The van der Waals surface area contributed by atoms with Gasteiger partial charge in [0.15, 0.2) is 0 Å². The van der Waals surface area contributed by atoms with Crippen molar-refractivity contribution in [2.24, 2.45) is 5.84 Å². The Balaban J connectivity index is 1.90. The van der Waals surface area contributed by atoms with Gasteiger partial charge < -0.3 is 9.64 Å². The molecule has 1 aromatic rings. The van der Waals surface area contributed by atoms with E-state index in [1.165, 1.54) is 0 Å². The Labute approximate surface area is 112 Å². The molecule has 3 N–H and O–H groups in total. The number of hydrazine groups is 1. The summed E-state index contributed by atoms with van der Waals surface area (Å²) in [6.07, 6.45) is 0. The molecule has 0 saturated carbocycles. The van der Waals surface area contributed by atoms with E-state index in [1.54, 1.807) is 7.11 Å². The predicted octanol–water partition coefficient (Wildman–Crippen LogP) is -0.798. The fraction of sp³-hybridized carbons (Fsp3) is 0.500. The summed E-state index contributed by atoms with van der Waals surface area (Å²) >= 11 is 0. The van der Waals surface area contributed by atoms with E-state index in [-0.39, 0.29) is 5.91 Å². The van der Waals surface area contributed by atoms with E-state index in [0.29, 0.717) is 12.4 Å². The van der Waals surface area contributed by atoms with Crippen molar-refractivity contribution in [1.82, 2.24) is 15.3 Å². The monoisotopic (exact) mass is 265 g/mol. The van der Waals surface area contributed by atoms with Crippen LogP contribution in [0.4, 0.5) is 5.82 Å². The Bertz CT molecular complexity index is 432. The highest BCUT2D eigenvalue weighted by Crippen LogP contribution is 2.17. The Hall–Kier alpha value is -1.86. The zero-order valence-corrected chi connectivity index (χ0v) is 11.0. The summed E-state index contributed by atoms with van der Waals surface area (Å²) < 4.78 is 5.12. The average molecular weight is 265 g/mol. The van der Waals surface area contributed by atoms with Gasteiger partial charge in [0, 0.05) is 32.2 Å². The van der Waals surface area contributed by atoms with Crippen molar-refractivity contribution >= 4 is 11.7 Å². The second-order valence-corrected chi connectivity index (χ2v) is 4.37. The summed E-state index contributed by atoms with van der Waals surface area (Å²) in [6.45, 7) is 3.63. The van der Waals surface area contributed by atoms with Crippen molar-refractivity contribution in [3.8, 4) is 5.88 Å². The summed E-state index contributed by atoms with van der Waals surface area (Å²) in [4.78, 5) is 19.8. The van der Waals surface area contributed by atoms with Crippen LogP contribution in [0.3, 0.4) is 0 Å². The molecule has 2 rings (SSSR count). The van der Waals surface area contributed by atoms with Crippen LogP contribution in [-0.2, 0) is 4.79 Å². The first-order valence-corrected chi connectivity index (χ1v) is 6.20. The van der Waals surface area contributed by atoms with Gasteiger partial charge in [0.25, 0.3) is 0 Å². The molecule has 2 heterocycles. The van der Waals surface area contributed by atoms with E-state index in [2.05, 4.69) is 20.2 Å². The molecule has 1 fully saturated rings. The standard InChI is InChI=1S/C12H19N5O2/c1-19-12-4-2-3-10(14-12)17-7-5-16(6-8-17)9-11(18)15-13/h2-4H,5-9,13H2,1H3,(H,15,18). The minimum atomic E-state index is -0.159. The molecule has 1 saturated heterocycles. The number of rotatable bonds is 4. The number of methoxy groups -OCH3 is 1. The van der Waals surface area contributed by atoms with Gasteiger partial charge in [-0.2, -0.15) is 4.98 Å². The molecule has 7 nitrogen and oxygen atoms in total. The topological polar surface area (TPSA) is 83.7 Å². The molecular weight excluding hydrogens is 246 g/mol. The number of amides is 1. The predicted molar refractivity (Wildman–Crippen MR) is 71.8 cm³/mol. The molecule has 1 amide bonds. The molecular formula is C12H19N5O2. The minimum Gasteiger partial charge on any atom is -0.481 e. The van der Waals surface area contributed by atoms with Crippen LogP contribution < -0.4 is 20.9 Å². The van der Waals surface area contributed by atoms with Gasteiger partial charge >= 0.3 is 0 Å². The Morgan fingerprint density at radius 2 is 2.16 bits per heavy atom. The number of nitrogens with zero attached hydrogens (tertiary/aromatic N) is 3. The maximum Gasteiger partial charge on any atom is 0.248 e. The van der Waals surface area contributed by atoms with Crippen LogP contribution >= 0.6 is 0 Å². The van der Waals surface area contributed by atoms with Gasteiger partial charge in [0.1, 0.15) is 5.82 Å². The average Bonchev–Trinajstić information content (AvgIpc) is 2.48. The second-order valence-electron chi connectivity index (χ2n) is 4.37. The third-order valence-corrected chi connectivity index (χ3v) is 3.14. The minimum absolute atomic E-state index is 0.159. The zero-order chi connectivity index (χ0) is 13.7. The molecule has 7 heteroatoms. The van der Waals surface area contributed by atoms with Gasteiger partial charge in [-0.25, -0.2) is 5.84 Å². The fourth-order valence-corrected chi connectivity index (χ4v) is 2.08. The third kappa shape index (κ3) is 3.55. The molecule has 0 unspecified atom stereocenters. The number of nitrogens with one attached hydrogen (secondary N) is 1. The number of hydrogen-bond donors (Lipinski definition) is 2. The molecule has 0 atom stereocenters. The maximum atomic E-state index is 11.2. The van der Waals surface area contributed by atoms with Crippen molar-refractivity contribution in [2.75, 3.05) is 44.7 Å².